The number of thiazole rings is 3. The Morgan fingerprint density at radius 1 is 0.412 bits per heavy atom. The number of benzene rings is 5. The van der Waals surface area contributed by atoms with Crippen LogP contribution in [0.3, 0.4) is 0 Å². The summed E-state index contributed by atoms with van der Waals surface area (Å²) in [6.07, 6.45) is 6.05. The second-order valence-electron chi connectivity index (χ2n) is 18.3. The number of aromatic nitrogens is 10. The van der Waals surface area contributed by atoms with E-state index in [1.54, 1.807) is 133 Å². The highest BCUT2D eigenvalue weighted by atomic mass is 32.1. The van der Waals surface area contributed by atoms with E-state index in [-0.39, 0.29) is 23.1 Å². The van der Waals surface area contributed by atoms with Gasteiger partial charge >= 0.3 is 0 Å². The molecule has 0 unspecified atom stereocenters. The van der Waals surface area contributed by atoms with Crippen LogP contribution in [0.2, 0.25) is 0 Å². The van der Waals surface area contributed by atoms with Gasteiger partial charge in [0.15, 0.2) is 0 Å². The fourth-order valence-electron chi connectivity index (χ4n) is 8.36. The molecular formula is C60H43F6N13O3S3. The molecule has 16 nitrogen and oxygen atoms in total. The summed E-state index contributed by atoms with van der Waals surface area (Å²) in [5.74, 6) is -5.32. The highest BCUT2D eigenvalue weighted by Crippen LogP contribution is 2.35. The first-order chi connectivity index (χ1) is 41.0. The summed E-state index contributed by atoms with van der Waals surface area (Å²) in [6, 6.07) is 36.9. The van der Waals surface area contributed by atoms with Crippen molar-refractivity contribution >= 4 is 66.7 Å². The van der Waals surface area contributed by atoms with E-state index >= 15 is 0 Å². The number of pyridine rings is 1. The van der Waals surface area contributed by atoms with E-state index in [1.807, 2.05) is 13.0 Å². The lowest BCUT2D eigenvalue weighted by Crippen LogP contribution is -2.15. The van der Waals surface area contributed by atoms with Crippen molar-refractivity contribution in [2.24, 2.45) is 21.1 Å². The molecule has 0 aliphatic rings. The summed E-state index contributed by atoms with van der Waals surface area (Å²) in [7, 11) is 5.20. The average Bonchev–Trinajstić information content (AvgIpc) is 3.07. The van der Waals surface area contributed by atoms with Crippen LogP contribution in [0.1, 0.15) is 36.8 Å². The Hall–Kier alpha value is -10.2. The number of hydrogen-bond donors (Lipinski definition) is 3. The number of nitrogens with zero attached hydrogens (tertiary/aromatic N) is 10. The first-order valence-electron chi connectivity index (χ1n) is 25.3. The molecule has 0 atom stereocenters. The summed E-state index contributed by atoms with van der Waals surface area (Å²) in [5.41, 5.74) is 5.12. The predicted molar refractivity (Wildman–Crippen MR) is 315 cm³/mol. The maximum atomic E-state index is 14.0. The van der Waals surface area contributed by atoms with Crippen molar-refractivity contribution < 1.29 is 40.7 Å². The van der Waals surface area contributed by atoms with E-state index in [9.17, 15) is 40.7 Å². The van der Waals surface area contributed by atoms with Gasteiger partial charge in [-0.05, 0) is 97.4 Å². The minimum Gasteiger partial charge on any atom is -0.312 e. The quantitative estimate of drug-likeness (QED) is 0.0992. The number of amides is 3. The Morgan fingerprint density at radius 2 is 0.776 bits per heavy atom. The summed E-state index contributed by atoms with van der Waals surface area (Å²) in [5, 5.41) is 24.1. The van der Waals surface area contributed by atoms with Gasteiger partial charge in [-0.1, -0.05) is 94.7 Å². The SMILES string of the molecule is Cc1cccnc1C(=O)Nc1cnc(-c2cc(-c3ccccc3F)nn2C)s1.Cn1nc(-c2ccccc2F)cc1-c1ncc(NC(=O)c2c(F)cccc2F)s1.Cn1nc(-c2ccccc2F)cc1-c1ncc(NC(=O)c2ccccc2F)s1. The van der Waals surface area contributed by atoms with Gasteiger partial charge < -0.3 is 16.0 Å². The van der Waals surface area contributed by atoms with Gasteiger partial charge in [0.05, 0.1) is 58.3 Å². The van der Waals surface area contributed by atoms with E-state index in [2.05, 4.69) is 51.2 Å². The van der Waals surface area contributed by atoms with Crippen LogP contribution in [0.5, 0.6) is 0 Å². The zero-order valence-electron chi connectivity index (χ0n) is 44.9. The highest BCUT2D eigenvalue weighted by molar-refractivity contribution is 7.19. The molecule has 12 rings (SSSR count). The largest absolute Gasteiger partial charge is 0.312 e. The Balaban J connectivity index is 0.000000142. The summed E-state index contributed by atoms with van der Waals surface area (Å²) < 4.78 is 88.2. The molecule has 7 aromatic heterocycles. The second-order valence-corrected chi connectivity index (χ2v) is 21.3. The number of anilines is 3. The third kappa shape index (κ3) is 13.2. The topological polar surface area (TPSA) is 192 Å². The fraction of sp³-hybridized carbons (Fsp3) is 0.0667. The number of carbonyl (C=O) groups is 3. The molecule has 3 N–H and O–H groups in total. The summed E-state index contributed by atoms with van der Waals surface area (Å²) in [4.78, 5) is 53.9. The van der Waals surface area contributed by atoms with Crippen LogP contribution in [-0.4, -0.2) is 67.0 Å². The minimum absolute atomic E-state index is 0.0418. The van der Waals surface area contributed by atoms with E-state index < -0.39 is 40.6 Å². The maximum Gasteiger partial charge on any atom is 0.275 e. The molecule has 85 heavy (non-hydrogen) atoms. The molecule has 25 heteroatoms. The van der Waals surface area contributed by atoms with Crippen molar-refractivity contribution in [1.29, 1.82) is 0 Å². The van der Waals surface area contributed by atoms with Crippen molar-refractivity contribution in [3.8, 4) is 65.9 Å². The van der Waals surface area contributed by atoms with E-state index in [0.717, 1.165) is 34.7 Å². The van der Waals surface area contributed by atoms with Gasteiger partial charge in [0.25, 0.3) is 17.7 Å². The number of rotatable bonds is 12. The molecule has 426 valence electrons. The number of aryl methyl sites for hydroxylation is 4. The minimum atomic E-state index is -0.951. The zero-order chi connectivity index (χ0) is 59.9. The standard InChI is InChI=1S/C20H13F3N4OS.C20H14F2N4OS.C20H16FN5OS/c1-27-16(9-15(26-27)11-5-2-3-6-12(11)21)20-24-10-17(29-20)25-19(28)18-13(22)7-4-8-14(18)23;1-26-17(10-16(25-26)12-6-2-4-8-14(12)21)20-23-11-18(28-20)24-19(27)13-7-3-5-9-15(13)22;1-12-6-5-9-22-18(12)19(27)24-17-11-23-20(28-17)16-10-15(25-26(16)2)13-7-3-4-8-14(13)21/h2-10H,1H3,(H,25,28);2-11H,1H3,(H,24,27);3-11H,1-2H3,(H,24,27). The Morgan fingerprint density at radius 3 is 1.18 bits per heavy atom. The molecule has 3 amide bonds. The third-order valence-corrected chi connectivity index (χ3v) is 15.3. The van der Waals surface area contributed by atoms with Gasteiger partial charge in [-0.3, -0.25) is 33.4 Å². The van der Waals surface area contributed by atoms with Gasteiger partial charge in [-0.2, -0.15) is 15.3 Å². The lowest BCUT2D eigenvalue weighted by Gasteiger charge is -2.04. The Bertz CT molecular complexity index is 4230. The number of hydrogen-bond acceptors (Lipinski definition) is 13. The van der Waals surface area contributed by atoms with Gasteiger partial charge in [-0.15, -0.1) is 0 Å². The molecule has 12 aromatic rings. The van der Waals surface area contributed by atoms with Gasteiger partial charge in [0, 0.05) is 44.0 Å². The Labute approximate surface area is 491 Å². The van der Waals surface area contributed by atoms with E-state index in [0.29, 0.717) is 80.9 Å². The van der Waals surface area contributed by atoms with Gasteiger partial charge in [0.1, 0.15) is 76.2 Å². The van der Waals surface area contributed by atoms with Crippen LogP contribution in [0.15, 0.2) is 170 Å². The monoisotopic (exact) mass is 1200 g/mol. The summed E-state index contributed by atoms with van der Waals surface area (Å²) >= 11 is 3.64. The van der Waals surface area contributed by atoms with E-state index in [1.165, 1.54) is 77.5 Å². The molecule has 0 spiro atoms. The molecule has 5 aromatic carbocycles. The first-order valence-corrected chi connectivity index (χ1v) is 27.7. The van der Waals surface area contributed by atoms with Crippen LogP contribution in [0.25, 0.3) is 65.9 Å². The smallest absolute Gasteiger partial charge is 0.275 e. The number of nitrogens with one attached hydrogen (secondary N) is 3. The lowest BCUT2D eigenvalue weighted by molar-refractivity contribution is 0.101. The number of halogens is 6. The molecule has 0 aliphatic carbocycles. The molecule has 0 fully saturated rings. The van der Waals surface area contributed by atoms with Crippen molar-refractivity contribution in [2.45, 2.75) is 6.92 Å². The van der Waals surface area contributed by atoms with Crippen molar-refractivity contribution in [3.63, 3.8) is 0 Å². The van der Waals surface area contributed by atoms with Crippen LogP contribution < -0.4 is 16.0 Å². The van der Waals surface area contributed by atoms with Crippen molar-refractivity contribution in [1.82, 2.24) is 49.3 Å². The van der Waals surface area contributed by atoms with Crippen molar-refractivity contribution in [2.75, 3.05) is 16.0 Å². The molecule has 0 bridgehead atoms. The summed E-state index contributed by atoms with van der Waals surface area (Å²) in [6.45, 7) is 1.83. The molecule has 0 aliphatic heterocycles. The van der Waals surface area contributed by atoms with Crippen LogP contribution in [0.4, 0.5) is 41.3 Å². The maximum absolute atomic E-state index is 14.0. The number of carbonyl (C=O) groups excluding carboxylic acids is 3. The molecular weight excluding hydrogens is 1160 g/mol. The van der Waals surface area contributed by atoms with E-state index in [4.69, 9.17) is 0 Å². The average molecular weight is 1200 g/mol. The molecule has 0 saturated carbocycles. The van der Waals surface area contributed by atoms with Crippen LogP contribution >= 0.6 is 34.0 Å². The lowest BCUT2D eigenvalue weighted by atomic mass is 10.1. The normalized spacial score (nSPS) is 10.8. The molecule has 0 radical (unpaired) electrons. The zero-order valence-corrected chi connectivity index (χ0v) is 47.3. The Kier molecular flexibility index (Phi) is 17.4. The van der Waals surface area contributed by atoms with Crippen LogP contribution in [-0.2, 0) is 21.1 Å². The third-order valence-electron chi connectivity index (χ3n) is 12.5. The van der Waals surface area contributed by atoms with Crippen molar-refractivity contribution in [3.05, 3.63) is 228 Å². The second kappa shape index (κ2) is 25.5. The predicted octanol–water partition coefficient (Wildman–Crippen LogP) is 13.9. The first kappa shape index (κ1) is 58.0. The fourth-order valence-corrected chi connectivity index (χ4v) is 10.9. The molecule has 0 saturated heterocycles. The highest BCUT2D eigenvalue weighted by Gasteiger charge is 2.22. The van der Waals surface area contributed by atoms with Gasteiger partial charge in [-0.25, -0.2) is 41.3 Å². The van der Waals surface area contributed by atoms with Crippen LogP contribution in [0, 0.1) is 41.8 Å². The molecule has 7 heterocycles. The van der Waals surface area contributed by atoms with Gasteiger partial charge in [0.2, 0.25) is 0 Å².